The molecule has 0 saturated heterocycles. The Hall–Kier alpha value is 1.50. The second-order valence-electron chi connectivity index (χ2n) is 1.28. The third-order valence-corrected chi connectivity index (χ3v) is 0.658. The number of unbranched alkanes of at least 4 members (excludes halogenated alkanes) is 1. The zero-order valence-corrected chi connectivity index (χ0v) is 9.43. The van der Waals surface area contributed by atoms with Gasteiger partial charge in [-0.3, -0.25) is 0 Å². The molecule has 0 heterocycles. The number of halogens is 2. The normalized spacial score (nSPS) is 6.00. The summed E-state index contributed by atoms with van der Waals surface area (Å²) in [6.45, 7) is 1.55. The van der Waals surface area contributed by atoms with Gasteiger partial charge in [0.15, 0.2) is 0 Å². The Morgan fingerprint density at radius 2 is 1.11 bits per heavy atom. The molecule has 56 valence electrons. The molecule has 0 unspecified atom stereocenters. The second kappa shape index (κ2) is 22.7. The van der Waals surface area contributed by atoms with Crippen molar-refractivity contribution in [2.75, 3.05) is 13.1 Å². The zero-order chi connectivity index (χ0) is 4.83. The molecule has 0 spiro atoms. The van der Waals surface area contributed by atoms with Gasteiger partial charge in [-0.2, -0.15) is 0 Å². The summed E-state index contributed by atoms with van der Waals surface area (Å²) in [6, 6.07) is 0. The van der Waals surface area contributed by atoms with Crippen molar-refractivity contribution in [3.63, 3.8) is 0 Å². The van der Waals surface area contributed by atoms with E-state index in [1.807, 2.05) is 0 Å². The molecule has 4 N–H and O–H groups in total. The molecule has 0 saturated carbocycles. The quantitative estimate of drug-likeness (QED) is 0.382. The average molecular weight is 185 g/mol. The average Bonchev–Trinajstić information content (AvgIpc) is 1.61. The Labute approximate surface area is 92.7 Å². The van der Waals surface area contributed by atoms with Gasteiger partial charge in [-0.05, 0) is 25.9 Å². The fourth-order valence-electron chi connectivity index (χ4n) is 0.289. The first-order valence-electron chi connectivity index (χ1n) is 2.32. The summed E-state index contributed by atoms with van der Waals surface area (Å²) in [5, 5.41) is 0. The second-order valence-corrected chi connectivity index (χ2v) is 1.28. The maximum Gasteiger partial charge on any atom is 1.00 e. The van der Waals surface area contributed by atoms with Crippen LogP contribution in [0.15, 0.2) is 0 Å². The molecule has 0 bridgehead atoms. The van der Waals surface area contributed by atoms with Crippen LogP contribution in [0.25, 0.3) is 0 Å². The van der Waals surface area contributed by atoms with Gasteiger partial charge < -0.3 is 12.9 Å². The van der Waals surface area contributed by atoms with E-state index in [1.54, 1.807) is 0 Å². The molecule has 0 aliphatic rings. The van der Waals surface area contributed by atoms with Crippen molar-refractivity contribution in [2.45, 2.75) is 12.8 Å². The Morgan fingerprint density at radius 3 is 1.22 bits per heavy atom. The third-order valence-electron chi connectivity index (χ3n) is 0.658. The van der Waals surface area contributed by atoms with E-state index in [9.17, 15) is 0 Å². The van der Waals surface area contributed by atoms with Crippen LogP contribution in [0.1, 0.15) is 14.3 Å². The zero-order valence-electron chi connectivity index (χ0n) is 6.80. The molecular formula is C4H15Cl2N2Na. The summed E-state index contributed by atoms with van der Waals surface area (Å²) in [7, 11) is 0. The van der Waals surface area contributed by atoms with Gasteiger partial charge in [0.2, 0.25) is 0 Å². The van der Waals surface area contributed by atoms with E-state index in [0.717, 1.165) is 25.9 Å². The van der Waals surface area contributed by atoms with Crippen LogP contribution >= 0.6 is 24.8 Å². The summed E-state index contributed by atoms with van der Waals surface area (Å²) in [6.07, 6.45) is 2.13. The number of rotatable bonds is 3. The minimum absolute atomic E-state index is 0. The van der Waals surface area contributed by atoms with E-state index < -0.39 is 0 Å². The first-order chi connectivity index (χ1) is 2.91. The fraction of sp³-hybridized carbons (Fsp3) is 1.00. The van der Waals surface area contributed by atoms with Crippen LogP contribution in [0, 0.1) is 0 Å². The molecule has 0 aromatic heterocycles. The Kier molecular flexibility index (Phi) is 56.5. The monoisotopic (exact) mass is 184 g/mol. The maximum atomic E-state index is 5.16. The van der Waals surface area contributed by atoms with Crippen LogP contribution in [0.5, 0.6) is 0 Å². The Balaban J connectivity index is -0.0000000208. The molecule has 2 nitrogen and oxygen atoms in total. The molecule has 0 aliphatic carbocycles. The van der Waals surface area contributed by atoms with Crippen molar-refractivity contribution in [1.82, 2.24) is 0 Å². The molecule has 0 radical (unpaired) electrons. The molecule has 0 fully saturated rings. The third kappa shape index (κ3) is 26.4. The smallest absolute Gasteiger partial charge is 1.00 e. The Morgan fingerprint density at radius 1 is 0.889 bits per heavy atom. The van der Waals surface area contributed by atoms with Crippen molar-refractivity contribution in [2.24, 2.45) is 11.5 Å². The molecule has 0 aliphatic heterocycles. The SMILES string of the molecule is Cl.Cl.NCCCCN.[H-].[Na+]. The van der Waals surface area contributed by atoms with Crippen molar-refractivity contribution in [3.8, 4) is 0 Å². The maximum absolute atomic E-state index is 5.16. The van der Waals surface area contributed by atoms with Gasteiger partial charge in [0, 0.05) is 0 Å². The van der Waals surface area contributed by atoms with Crippen LogP contribution in [0.2, 0.25) is 0 Å². The van der Waals surface area contributed by atoms with Crippen molar-refractivity contribution < 1.29 is 31.0 Å². The molecule has 5 heteroatoms. The van der Waals surface area contributed by atoms with Crippen LogP contribution in [-0.4, -0.2) is 13.1 Å². The van der Waals surface area contributed by atoms with Crippen molar-refractivity contribution >= 4 is 24.8 Å². The van der Waals surface area contributed by atoms with Gasteiger partial charge in [0.25, 0.3) is 0 Å². The molecule has 0 amide bonds. The van der Waals surface area contributed by atoms with Crippen molar-refractivity contribution in [3.05, 3.63) is 0 Å². The van der Waals surface area contributed by atoms with E-state index in [4.69, 9.17) is 11.5 Å². The minimum Gasteiger partial charge on any atom is -1.00 e. The van der Waals surface area contributed by atoms with Gasteiger partial charge >= 0.3 is 29.6 Å². The van der Waals surface area contributed by atoms with Crippen LogP contribution < -0.4 is 41.0 Å². The molecule has 0 atom stereocenters. The topological polar surface area (TPSA) is 52.0 Å². The summed E-state index contributed by atoms with van der Waals surface area (Å²) >= 11 is 0. The summed E-state index contributed by atoms with van der Waals surface area (Å²) in [4.78, 5) is 0. The van der Waals surface area contributed by atoms with Gasteiger partial charge in [-0.25, -0.2) is 0 Å². The number of nitrogens with two attached hydrogens (primary N) is 2. The van der Waals surface area contributed by atoms with Gasteiger partial charge in [0.05, 0.1) is 0 Å². The standard InChI is InChI=1S/C4H12N2.2ClH.Na.H/c5-3-1-2-4-6;;;;/h1-6H2;2*1H;;/q;;;+1;-1. The van der Waals surface area contributed by atoms with E-state index in [1.165, 1.54) is 0 Å². The molecule has 9 heavy (non-hydrogen) atoms. The van der Waals surface area contributed by atoms with Crippen LogP contribution in [-0.2, 0) is 0 Å². The summed E-state index contributed by atoms with van der Waals surface area (Å²) in [5.74, 6) is 0. The molecule has 0 aromatic rings. The van der Waals surface area contributed by atoms with E-state index in [-0.39, 0.29) is 55.8 Å². The van der Waals surface area contributed by atoms with Crippen LogP contribution in [0.3, 0.4) is 0 Å². The van der Waals surface area contributed by atoms with E-state index >= 15 is 0 Å². The molecule has 0 aromatic carbocycles. The van der Waals surface area contributed by atoms with Crippen LogP contribution in [0.4, 0.5) is 0 Å². The van der Waals surface area contributed by atoms with Gasteiger partial charge in [0.1, 0.15) is 0 Å². The first kappa shape index (κ1) is 22.4. The molecule has 0 rings (SSSR count). The predicted molar refractivity (Wildman–Crippen MR) is 43.0 cm³/mol. The largest absolute Gasteiger partial charge is 1.00 e. The fourth-order valence-corrected chi connectivity index (χ4v) is 0.289. The van der Waals surface area contributed by atoms with Crippen molar-refractivity contribution in [1.29, 1.82) is 0 Å². The Bertz CT molecular complexity index is 33.2. The summed E-state index contributed by atoms with van der Waals surface area (Å²) < 4.78 is 0. The molecular weight excluding hydrogens is 170 g/mol. The van der Waals surface area contributed by atoms with E-state index in [0.29, 0.717) is 0 Å². The first-order valence-corrected chi connectivity index (χ1v) is 2.32. The summed E-state index contributed by atoms with van der Waals surface area (Å²) in [5.41, 5.74) is 10.3. The van der Waals surface area contributed by atoms with E-state index in [2.05, 4.69) is 0 Å². The number of hydrogen-bond acceptors (Lipinski definition) is 2. The minimum atomic E-state index is 0. The predicted octanol–water partition coefficient (Wildman–Crippen LogP) is -2.36. The van der Waals surface area contributed by atoms with Gasteiger partial charge in [-0.1, -0.05) is 0 Å². The number of hydrogen-bond donors (Lipinski definition) is 2. The van der Waals surface area contributed by atoms with Gasteiger partial charge in [-0.15, -0.1) is 24.8 Å².